The molecule has 6 heteroatoms. The number of rotatable bonds is 7. The van der Waals surface area contributed by atoms with Crippen molar-refractivity contribution in [3.63, 3.8) is 0 Å². The molecule has 0 saturated carbocycles. The number of carbonyl (C=O) groups is 1. The fourth-order valence-electron chi connectivity index (χ4n) is 1.90. The second-order valence-corrected chi connectivity index (χ2v) is 6.36. The van der Waals surface area contributed by atoms with Crippen LogP contribution in [0.15, 0.2) is 35.7 Å². The van der Waals surface area contributed by atoms with Crippen LogP contribution in [0, 0.1) is 24.2 Å². The van der Waals surface area contributed by atoms with Crippen LogP contribution in [0.3, 0.4) is 0 Å². The number of carbonyl (C=O) groups excluding carboxylic acids is 1. The van der Waals surface area contributed by atoms with Crippen LogP contribution in [-0.2, 0) is 11.4 Å². The Labute approximate surface area is 145 Å². The number of nitrogens with one attached hydrogen (secondary N) is 1. The number of amides is 1. The summed E-state index contributed by atoms with van der Waals surface area (Å²) < 4.78 is 5.80. The summed E-state index contributed by atoms with van der Waals surface area (Å²) in [5.74, 6) is 0.249. The molecule has 1 N–H and O–H groups in total. The van der Waals surface area contributed by atoms with Crippen molar-refractivity contribution in [2.75, 3.05) is 6.54 Å². The number of hydrogen-bond donors (Lipinski definition) is 1. The van der Waals surface area contributed by atoms with Gasteiger partial charge < -0.3 is 10.1 Å². The average Bonchev–Trinajstić information content (AvgIpc) is 3.02. The van der Waals surface area contributed by atoms with E-state index in [1.807, 2.05) is 36.6 Å². The molecule has 124 valence electrons. The summed E-state index contributed by atoms with van der Waals surface area (Å²) in [5, 5.41) is 14.4. The fraction of sp³-hybridized carbons (Fsp3) is 0.278. The predicted molar refractivity (Wildman–Crippen MR) is 94.4 cm³/mol. The van der Waals surface area contributed by atoms with E-state index in [4.69, 9.17) is 10.00 Å². The first kappa shape index (κ1) is 17.7. The van der Waals surface area contributed by atoms with Gasteiger partial charge in [0.15, 0.2) is 0 Å². The third kappa shape index (κ3) is 5.52. The van der Waals surface area contributed by atoms with Gasteiger partial charge in [-0.05, 0) is 26.0 Å². The van der Waals surface area contributed by atoms with E-state index in [1.165, 1.54) is 6.08 Å². The van der Waals surface area contributed by atoms with Crippen LogP contribution in [0.4, 0.5) is 0 Å². The van der Waals surface area contributed by atoms with E-state index in [0.717, 1.165) is 16.3 Å². The van der Waals surface area contributed by atoms with Crippen molar-refractivity contribution in [2.45, 2.75) is 20.5 Å². The molecule has 1 amide bonds. The van der Waals surface area contributed by atoms with Gasteiger partial charge in [0.05, 0.1) is 22.7 Å². The monoisotopic (exact) mass is 341 g/mol. The van der Waals surface area contributed by atoms with Crippen LogP contribution >= 0.6 is 11.3 Å². The number of nitrogens with zero attached hydrogens (tertiary/aromatic N) is 2. The molecule has 0 aliphatic heterocycles. The van der Waals surface area contributed by atoms with Crippen LogP contribution in [-0.4, -0.2) is 17.4 Å². The molecule has 1 unspecified atom stereocenters. The zero-order valence-corrected chi connectivity index (χ0v) is 14.5. The van der Waals surface area contributed by atoms with Gasteiger partial charge >= 0.3 is 0 Å². The number of ether oxygens (including phenoxy) is 1. The highest BCUT2D eigenvalue weighted by Gasteiger charge is 2.05. The van der Waals surface area contributed by atoms with Crippen molar-refractivity contribution in [3.8, 4) is 11.8 Å². The highest BCUT2D eigenvalue weighted by Crippen LogP contribution is 2.21. The van der Waals surface area contributed by atoms with Crippen LogP contribution < -0.4 is 10.1 Å². The van der Waals surface area contributed by atoms with E-state index in [9.17, 15) is 4.79 Å². The van der Waals surface area contributed by atoms with E-state index in [0.29, 0.717) is 18.9 Å². The highest BCUT2D eigenvalue weighted by atomic mass is 32.1. The van der Waals surface area contributed by atoms with Gasteiger partial charge in [0.2, 0.25) is 5.91 Å². The van der Waals surface area contributed by atoms with Crippen molar-refractivity contribution in [1.29, 1.82) is 5.26 Å². The molecule has 0 fully saturated rings. The second-order valence-electron chi connectivity index (χ2n) is 5.29. The van der Waals surface area contributed by atoms with Crippen molar-refractivity contribution in [3.05, 3.63) is 52.0 Å². The Kier molecular flexibility index (Phi) is 6.52. The van der Waals surface area contributed by atoms with Gasteiger partial charge in [-0.1, -0.05) is 18.2 Å². The lowest BCUT2D eigenvalue weighted by Crippen LogP contribution is -2.25. The van der Waals surface area contributed by atoms with Crippen molar-refractivity contribution >= 4 is 23.3 Å². The Morgan fingerprint density at radius 2 is 2.29 bits per heavy atom. The molecule has 1 atom stereocenters. The molecule has 0 spiro atoms. The lowest BCUT2D eigenvalue weighted by Gasteiger charge is -2.08. The first-order chi connectivity index (χ1) is 11.6. The van der Waals surface area contributed by atoms with Crippen molar-refractivity contribution in [2.24, 2.45) is 5.92 Å². The maximum Gasteiger partial charge on any atom is 0.244 e. The smallest absolute Gasteiger partial charge is 0.244 e. The summed E-state index contributed by atoms with van der Waals surface area (Å²) in [6, 6.07) is 9.57. The number of thiazole rings is 1. The van der Waals surface area contributed by atoms with Crippen LogP contribution in [0.1, 0.15) is 23.2 Å². The number of para-hydroxylation sites is 1. The first-order valence-corrected chi connectivity index (χ1v) is 8.45. The zero-order valence-electron chi connectivity index (χ0n) is 13.7. The lowest BCUT2D eigenvalue weighted by atomic mass is 10.2. The normalized spacial score (nSPS) is 11.9. The third-order valence-electron chi connectivity index (χ3n) is 3.18. The molecule has 5 nitrogen and oxygen atoms in total. The SMILES string of the molecule is Cc1nc(COc2ccccc2C=CC(=O)NCC(C)C#N)cs1. The number of nitriles is 1. The molecule has 0 bridgehead atoms. The van der Waals surface area contributed by atoms with Gasteiger partial charge in [-0.3, -0.25) is 4.79 Å². The zero-order chi connectivity index (χ0) is 17.4. The average molecular weight is 341 g/mol. The van der Waals surface area contributed by atoms with Gasteiger partial charge in [-0.15, -0.1) is 11.3 Å². The van der Waals surface area contributed by atoms with E-state index in [1.54, 1.807) is 24.3 Å². The quantitative estimate of drug-likeness (QED) is 0.784. The lowest BCUT2D eigenvalue weighted by molar-refractivity contribution is -0.116. The topological polar surface area (TPSA) is 75.0 Å². The van der Waals surface area contributed by atoms with Crippen LogP contribution in [0.25, 0.3) is 6.08 Å². The first-order valence-electron chi connectivity index (χ1n) is 7.57. The van der Waals surface area contributed by atoms with E-state index >= 15 is 0 Å². The predicted octanol–water partition coefficient (Wildman–Crippen LogP) is 3.32. The largest absolute Gasteiger partial charge is 0.487 e. The fourth-order valence-corrected chi connectivity index (χ4v) is 2.50. The Balaban J connectivity index is 1.96. The molecule has 1 aromatic heterocycles. The molecule has 0 aliphatic rings. The molecular weight excluding hydrogens is 322 g/mol. The molecule has 2 aromatic rings. The van der Waals surface area contributed by atoms with Crippen LogP contribution in [0.5, 0.6) is 5.75 Å². The summed E-state index contributed by atoms with van der Waals surface area (Å²) in [6.45, 7) is 4.44. The minimum Gasteiger partial charge on any atom is -0.487 e. The Bertz CT molecular complexity index is 762. The summed E-state index contributed by atoms with van der Waals surface area (Å²) >= 11 is 1.59. The van der Waals surface area contributed by atoms with Crippen molar-refractivity contribution < 1.29 is 9.53 Å². The van der Waals surface area contributed by atoms with Gasteiger partial charge in [0.25, 0.3) is 0 Å². The van der Waals surface area contributed by atoms with Gasteiger partial charge in [-0.2, -0.15) is 5.26 Å². The molecule has 2 rings (SSSR count). The number of hydrogen-bond acceptors (Lipinski definition) is 5. The van der Waals surface area contributed by atoms with E-state index < -0.39 is 0 Å². The van der Waals surface area contributed by atoms with Crippen molar-refractivity contribution in [1.82, 2.24) is 10.3 Å². The summed E-state index contributed by atoms with van der Waals surface area (Å²) in [6.07, 6.45) is 3.15. The van der Waals surface area contributed by atoms with Gasteiger partial charge in [0.1, 0.15) is 12.4 Å². The Morgan fingerprint density at radius 3 is 3.00 bits per heavy atom. The summed E-state index contributed by atoms with van der Waals surface area (Å²) in [7, 11) is 0. The van der Waals surface area contributed by atoms with Crippen LogP contribution in [0.2, 0.25) is 0 Å². The maximum atomic E-state index is 11.8. The molecule has 0 saturated heterocycles. The van der Waals surface area contributed by atoms with Gasteiger partial charge in [-0.25, -0.2) is 4.98 Å². The van der Waals surface area contributed by atoms with E-state index in [-0.39, 0.29) is 11.8 Å². The Hall–Kier alpha value is -2.65. The molecule has 0 aliphatic carbocycles. The molecule has 0 radical (unpaired) electrons. The minimum atomic E-state index is -0.234. The molecule has 1 heterocycles. The minimum absolute atomic E-state index is 0.209. The van der Waals surface area contributed by atoms with Gasteiger partial charge in [0, 0.05) is 23.6 Å². The number of aryl methyl sites for hydroxylation is 1. The third-order valence-corrected chi connectivity index (χ3v) is 4.00. The second kappa shape index (κ2) is 8.85. The Morgan fingerprint density at radius 1 is 1.50 bits per heavy atom. The summed E-state index contributed by atoms with van der Waals surface area (Å²) in [4.78, 5) is 16.1. The number of aromatic nitrogens is 1. The highest BCUT2D eigenvalue weighted by molar-refractivity contribution is 7.09. The number of benzene rings is 1. The molecular formula is C18H19N3O2S. The molecule has 24 heavy (non-hydrogen) atoms. The standard InChI is InChI=1S/C18H19N3O2S/c1-13(9-19)10-20-18(22)8-7-15-5-3-4-6-17(15)23-11-16-12-24-14(2)21-16/h3-8,12-13H,10-11H2,1-2H3,(H,20,22). The van der Waals surface area contributed by atoms with E-state index in [2.05, 4.69) is 16.4 Å². The summed E-state index contributed by atoms with van der Waals surface area (Å²) in [5.41, 5.74) is 1.70. The molecule has 1 aromatic carbocycles. The maximum absolute atomic E-state index is 11.8.